The lowest BCUT2D eigenvalue weighted by atomic mass is 9.66. The van der Waals surface area contributed by atoms with Gasteiger partial charge in [0, 0.05) is 0 Å². The van der Waals surface area contributed by atoms with Crippen LogP contribution in [0, 0.1) is 10.8 Å². The Morgan fingerprint density at radius 2 is 1.17 bits per heavy atom. The van der Waals surface area contributed by atoms with E-state index in [9.17, 15) is 4.79 Å². The smallest absolute Gasteiger partial charge is 0.141 e. The maximum Gasteiger partial charge on any atom is 0.141 e. The van der Waals surface area contributed by atoms with E-state index in [1.807, 2.05) is 41.5 Å². The van der Waals surface area contributed by atoms with Crippen LogP contribution in [0.5, 0.6) is 0 Å². The second-order valence-corrected chi connectivity index (χ2v) is 5.93. The number of carbonyl (C=O) groups is 1. The van der Waals surface area contributed by atoms with Gasteiger partial charge in [-0.3, -0.25) is 0 Å². The number of hydrogen-bond donors (Lipinski definition) is 0. The molecule has 0 atom stereocenters. The molecule has 0 fully saturated rings. The minimum Gasteiger partial charge on any atom is -0.301 e. The number of halogens is 1. The van der Waals surface area contributed by atoms with E-state index < -0.39 is 4.87 Å². The molecule has 0 radical (unpaired) electrons. The molecule has 0 spiro atoms. The Morgan fingerprint density at radius 3 is 1.17 bits per heavy atom. The van der Waals surface area contributed by atoms with Crippen LogP contribution in [0.4, 0.5) is 0 Å². The fourth-order valence-corrected chi connectivity index (χ4v) is 1.48. The van der Waals surface area contributed by atoms with Crippen molar-refractivity contribution in [3.05, 3.63) is 0 Å². The zero-order valence-corrected chi connectivity index (χ0v) is 9.62. The van der Waals surface area contributed by atoms with Gasteiger partial charge in [0.1, 0.15) is 11.2 Å². The van der Waals surface area contributed by atoms with E-state index in [2.05, 4.69) is 0 Å². The quantitative estimate of drug-likeness (QED) is 0.458. The van der Waals surface area contributed by atoms with Gasteiger partial charge in [-0.25, -0.2) is 0 Å². The lowest BCUT2D eigenvalue weighted by Crippen LogP contribution is -2.49. The van der Waals surface area contributed by atoms with Crippen molar-refractivity contribution in [2.75, 3.05) is 0 Å². The number of aldehydes is 1. The summed E-state index contributed by atoms with van der Waals surface area (Å²) in [4.78, 5) is 10.2. The number of hydrogen-bond acceptors (Lipinski definition) is 1. The van der Waals surface area contributed by atoms with Crippen LogP contribution in [0.1, 0.15) is 41.5 Å². The van der Waals surface area contributed by atoms with Gasteiger partial charge in [0.15, 0.2) is 0 Å². The Morgan fingerprint density at radius 1 is 0.917 bits per heavy atom. The number of alkyl halides is 1. The van der Waals surface area contributed by atoms with Gasteiger partial charge in [-0.1, -0.05) is 41.5 Å². The fourth-order valence-electron chi connectivity index (χ4n) is 1.48. The Hall–Kier alpha value is -0.0400. The first-order valence-electron chi connectivity index (χ1n) is 4.21. The topological polar surface area (TPSA) is 17.1 Å². The normalized spacial score (nSPS) is 14.6. The molecule has 12 heavy (non-hydrogen) atoms. The van der Waals surface area contributed by atoms with Gasteiger partial charge in [0.05, 0.1) is 0 Å². The molecule has 0 heterocycles. The second-order valence-electron chi connectivity index (χ2n) is 5.33. The van der Waals surface area contributed by atoms with Gasteiger partial charge in [-0.05, 0) is 10.8 Å². The lowest BCUT2D eigenvalue weighted by molar-refractivity contribution is -0.115. The zero-order chi connectivity index (χ0) is 10.2. The van der Waals surface area contributed by atoms with Crippen molar-refractivity contribution in [2.45, 2.75) is 46.4 Å². The van der Waals surface area contributed by atoms with Crippen LogP contribution in [0.3, 0.4) is 0 Å². The third-order valence-corrected chi connectivity index (χ3v) is 3.57. The summed E-state index contributed by atoms with van der Waals surface area (Å²) < 4.78 is 0. The Bertz CT molecular complexity index is 157. The molecule has 0 saturated carbocycles. The molecule has 1 nitrogen and oxygen atoms in total. The van der Waals surface area contributed by atoms with Crippen molar-refractivity contribution in [1.29, 1.82) is 0 Å². The molecule has 0 bridgehead atoms. The van der Waals surface area contributed by atoms with E-state index in [4.69, 9.17) is 11.6 Å². The Balaban J connectivity index is 5.09. The lowest BCUT2D eigenvalue weighted by Gasteiger charge is -2.44. The average Bonchev–Trinajstić information content (AvgIpc) is 1.81. The van der Waals surface area contributed by atoms with E-state index in [-0.39, 0.29) is 10.8 Å². The average molecular weight is 191 g/mol. The molecule has 0 aliphatic rings. The summed E-state index contributed by atoms with van der Waals surface area (Å²) in [6.45, 7) is 11.9. The molecule has 0 saturated heterocycles. The highest BCUT2D eigenvalue weighted by Gasteiger charge is 2.49. The van der Waals surface area contributed by atoms with Crippen LogP contribution in [0.2, 0.25) is 0 Å². The molecule has 0 aromatic rings. The minimum absolute atomic E-state index is 0.214. The van der Waals surface area contributed by atoms with Crippen LogP contribution in [-0.2, 0) is 4.79 Å². The summed E-state index contributed by atoms with van der Waals surface area (Å²) in [5, 5.41) is 0. The summed E-state index contributed by atoms with van der Waals surface area (Å²) in [5.74, 6) is 0. The van der Waals surface area contributed by atoms with E-state index in [1.165, 1.54) is 0 Å². The Kier molecular flexibility index (Phi) is 3.01. The summed E-state index contributed by atoms with van der Waals surface area (Å²) in [6, 6.07) is 0. The molecule has 0 rings (SSSR count). The van der Waals surface area contributed by atoms with Crippen LogP contribution < -0.4 is 0 Å². The highest BCUT2D eigenvalue weighted by molar-refractivity contribution is 6.32. The molecule has 72 valence electrons. The van der Waals surface area contributed by atoms with Gasteiger partial charge in [0.25, 0.3) is 0 Å². The van der Waals surface area contributed by atoms with E-state index in [1.54, 1.807) is 0 Å². The molecule has 0 N–H and O–H groups in total. The monoisotopic (exact) mass is 190 g/mol. The zero-order valence-electron chi connectivity index (χ0n) is 8.86. The highest BCUT2D eigenvalue weighted by atomic mass is 35.5. The molecule has 0 aliphatic carbocycles. The first-order valence-corrected chi connectivity index (χ1v) is 4.59. The van der Waals surface area contributed by atoms with Crippen molar-refractivity contribution in [1.82, 2.24) is 0 Å². The predicted molar refractivity (Wildman–Crippen MR) is 53.6 cm³/mol. The molecule has 0 aromatic carbocycles. The summed E-state index contributed by atoms with van der Waals surface area (Å²) >= 11 is 6.31. The molecule has 2 heteroatoms. The van der Waals surface area contributed by atoms with Crippen LogP contribution in [-0.4, -0.2) is 11.2 Å². The molecular weight excluding hydrogens is 172 g/mol. The van der Waals surface area contributed by atoms with Crippen LogP contribution in [0.25, 0.3) is 0 Å². The third kappa shape index (κ3) is 1.82. The van der Waals surface area contributed by atoms with Crippen molar-refractivity contribution >= 4 is 17.9 Å². The predicted octanol–water partition coefficient (Wildman–Crippen LogP) is 3.26. The summed E-state index contributed by atoms with van der Waals surface area (Å²) in [7, 11) is 0. The van der Waals surface area contributed by atoms with Crippen LogP contribution in [0.15, 0.2) is 0 Å². The van der Waals surface area contributed by atoms with Crippen molar-refractivity contribution in [3.63, 3.8) is 0 Å². The van der Waals surface area contributed by atoms with Crippen LogP contribution >= 0.6 is 11.6 Å². The molecule has 0 amide bonds. The number of carbonyl (C=O) groups excluding carboxylic acids is 1. The second kappa shape index (κ2) is 3.02. The summed E-state index contributed by atoms with van der Waals surface area (Å²) in [6.07, 6.45) is 0.870. The van der Waals surface area contributed by atoms with Gasteiger partial charge in [-0.2, -0.15) is 0 Å². The van der Waals surface area contributed by atoms with E-state index >= 15 is 0 Å². The SMILES string of the molecule is CC(C)(C)C(Cl)(C=O)C(C)(C)C. The minimum atomic E-state index is -0.792. The van der Waals surface area contributed by atoms with E-state index in [0.717, 1.165) is 6.29 Å². The molecule has 0 unspecified atom stereocenters. The van der Waals surface area contributed by atoms with Gasteiger partial charge >= 0.3 is 0 Å². The van der Waals surface area contributed by atoms with Gasteiger partial charge in [0.2, 0.25) is 0 Å². The maximum absolute atomic E-state index is 11.0. The molecular formula is C10H19ClO. The van der Waals surface area contributed by atoms with Crippen molar-refractivity contribution < 1.29 is 4.79 Å². The molecule has 0 aromatic heterocycles. The summed E-state index contributed by atoms with van der Waals surface area (Å²) in [5.41, 5.74) is -0.427. The van der Waals surface area contributed by atoms with Crippen molar-refractivity contribution in [2.24, 2.45) is 10.8 Å². The largest absolute Gasteiger partial charge is 0.301 e. The number of rotatable bonds is 1. The Labute approximate surface area is 80.5 Å². The van der Waals surface area contributed by atoms with Gasteiger partial charge in [-0.15, -0.1) is 11.6 Å². The van der Waals surface area contributed by atoms with E-state index in [0.29, 0.717) is 0 Å². The fraction of sp³-hybridized carbons (Fsp3) is 0.900. The van der Waals surface area contributed by atoms with Crippen molar-refractivity contribution in [3.8, 4) is 0 Å². The standard InChI is InChI=1S/C10H19ClO/c1-8(2,3)10(11,7-12)9(4,5)6/h7H,1-6H3. The highest BCUT2D eigenvalue weighted by Crippen LogP contribution is 2.47. The first-order chi connectivity index (χ1) is 5.06. The maximum atomic E-state index is 11.0. The molecule has 0 aliphatic heterocycles. The third-order valence-electron chi connectivity index (χ3n) is 2.35. The first kappa shape index (κ1) is 12.0. The van der Waals surface area contributed by atoms with Gasteiger partial charge < -0.3 is 4.79 Å².